The topological polar surface area (TPSA) is 76.2 Å². The van der Waals surface area contributed by atoms with Crippen molar-refractivity contribution in [2.45, 2.75) is 62.7 Å². The van der Waals surface area contributed by atoms with Gasteiger partial charge in [0, 0.05) is 32.0 Å². The molecule has 184 valence electrons. The highest BCUT2D eigenvalue weighted by molar-refractivity contribution is 6.11. The van der Waals surface area contributed by atoms with Gasteiger partial charge in [0.05, 0.1) is 25.2 Å². The van der Waals surface area contributed by atoms with Crippen LogP contribution in [0.15, 0.2) is 54.6 Å². The fourth-order valence-corrected chi connectivity index (χ4v) is 5.30. The van der Waals surface area contributed by atoms with Crippen molar-refractivity contribution in [1.29, 1.82) is 0 Å². The molecule has 2 saturated heterocycles. The van der Waals surface area contributed by atoms with E-state index in [1.807, 2.05) is 47.4 Å². The molecule has 5 rings (SSSR count). The third-order valence-corrected chi connectivity index (χ3v) is 7.42. The highest BCUT2D eigenvalue weighted by Gasteiger charge is 2.57. The van der Waals surface area contributed by atoms with Crippen molar-refractivity contribution < 1.29 is 23.9 Å². The van der Waals surface area contributed by atoms with Crippen LogP contribution in [0.3, 0.4) is 0 Å². The molecule has 7 heteroatoms. The quantitative estimate of drug-likeness (QED) is 0.546. The fourth-order valence-electron chi connectivity index (χ4n) is 5.30. The Bertz CT molecular complexity index is 1080. The number of nitrogens with zero attached hydrogens (tertiary/aromatic N) is 2. The number of ether oxygens (including phenoxy) is 2. The summed E-state index contributed by atoms with van der Waals surface area (Å²) in [4.78, 5) is 43.4. The summed E-state index contributed by atoms with van der Waals surface area (Å²) in [7, 11) is 1.58. The number of carbonyl (C=O) groups is 3. The lowest BCUT2D eigenvalue weighted by Crippen LogP contribution is -2.47. The number of methoxy groups -OCH3 is 1. The number of carbonyl (C=O) groups excluding carboxylic acids is 3. The number of hydrogen-bond acceptors (Lipinski definition) is 5. The Morgan fingerprint density at radius 3 is 2.46 bits per heavy atom. The Hall–Kier alpha value is -3.19. The number of rotatable bonds is 8. The van der Waals surface area contributed by atoms with E-state index in [1.165, 1.54) is 4.90 Å². The minimum Gasteiger partial charge on any atom is -0.497 e. The molecule has 0 radical (unpaired) electrons. The first-order valence-electron chi connectivity index (χ1n) is 12.4. The summed E-state index contributed by atoms with van der Waals surface area (Å²) in [6.45, 7) is 1.64. The zero-order chi connectivity index (χ0) is 24.4. The zero-order valence-electron chi connectivity index (χ0n) is 20.2. The summed E-state index contributed by atoms with van der Waals surface area (Å²) in [5.41, 5.74) is 0.632. The third kappa shape index (κ3) is 4.82. The largest absolute Gasteiger partial charge is 0.497 e. The van der Waals surface area contributed by atoms with Gasteiger partial charge in [-0.2, -0.15) is 0 Å². The maximum absolute atomic E-state index is 13.7. The molecule has 0 bridgehead atoms. The van der Waals surface area contributed by atoms with Crippen LogP contribution in [0.2, 0.25) is 0 Å². The van der Waals surface area contributed by atoms with Crippen LogP contribution < -0.4 is 4.74 Å². The van der Waals surface area contributed by atoms with Gasteiger partial charge in [-0.1, -0.05) is 42.5 Å². The molecule has 2 aliphatic heterocycles. The summed E-state index contributed by atoms with van der Waals surface area (Å²) >= 11 is 0. The van der Waals surface area contributed by atoms with Crippen LogP contribution >= 0.6 is 0 Å². The number of imide groups is 1. The normalized spacial score (nSPS) is 24.7. The van der Waals surface area contributed by atoms with Crippen molar-refractivity contribution in [2.24, 2.45) is 0 Å². The summed E-state index contributed by atoms with van der Waals surface area (Å²) in [5, 5.41) is 0. The van der Waals surface area contributed by atoms with Crippen molar-refractivity contribution in [3.63, 3.8) is 0 Å². The van der Waals surface area contributed by atoms with Gasteiger partial charge in [-0.05, 0) is 48.9 Å². The van der Waals surface area contributed by atoms with E-state index in [0.717, 1.165) is 31.2 Å². The highest BCUT2D eigenvalue weighted by Crippen LogP contribution is 2.45. The van der Waals surface area contributed by atoms with E-state index in [0.29, 0.717) is 31.0 Å². The van der Waals surface area contributed by atoms with Crippen molar-refractivity contribution in [2.75, 3.05) is 20.2 Å². The molecular weight excluding hydrogens is 444 g/mol. The molecule has 3 fully saturated rings. The molecule has 3 amide bonds. The monoisotopic (exact) mass is 476 g/mol. The zero-order valence-corrected chi connectivity index (χ0v) is 20.2. The lowest BCUT2D eigenvalue weighted by Gasteiger charge is -2.35. The van der Waals surface area contributed by atoms with E-state index in [4.69, 9.17) is 9.47 Å². The third-order valence-electron chi connectivity index (χ3n) is 7.42. The molecular formula is C28H32N2O5. The number of piperidine rings is 1. The smallest absolute Gasteiger partial charge is 0.241 e. The number of benzene rings is 2. The van der Waals surface area contributed by atoms with Crippen LogP contribution in [0.1, 0.15) is 49.7 Å². The highest BCUT2D eigenvalue weighted by atomic mass is 16.5. The van der Waals surface area contributed by atoms with E-state index in [1.54, 1.807) is 19.2 Å². The lowest BCUT2D eigenvalue weighted by atomic mass is 9.75. The van der Waals surface area contributed by atoms with Gasteiger partial charge in [-0.3, -0.25) is 19.3 Å². The van der Waals surface area contributed by atoms with E-state index in [-0.39, 0.29) is 42.7 Å². The van der Waals surface area contributed by atoms with Gasteiger partial charge in [0.15, 0.2) is 0 Å². The molecule has 2 heterocycles. The lowest BCUT2D eigenvalue weighted by molar-refractivity contribution is -0.144. The molecule has 2 atom stereocenters. The van der Waals surface area contributed by atoms with E-state index < -0.39 is 5.41 Å². The maximum Gasteiger partial charge on any atom is 0.241 e. The molecule has 1 aliphatic carbocycles. The second-order valence-electron chi connectivity index (χ2n) is 9.86. The molecule has 1 saturated carbocycles. The Morgan fingerprint density at radius 1 is 1.03 bits per heavy atom. The second kappa shape index (κ2) is 9.82. The molecule has 2 aromatic carbocycles. The first kappa shape index (κ1) is 23.5. The first-order chi connectivity index (χ1) is 17.0. The summed E-state index contributed by atoms with van der Waals surface area (Å²) in [5.74, 6) is 0.148. The van der Waals surface area contributed by atoms with E-state index >= 15 is 0 Å². The van der Waals surface area contributed by atoms with Gasteiger partial charge >= 0.3 is 0 Å². The predicted octanol–water partition coefficient (Wildman–Crippen LogP) is 3.45. The first-order valence-corrected chi connectivity index (χ1v) is 12.4. The summed E-state index contributed by atoms with van der Waals surface area (Å²) < 4.78 is 11.4. The van der Waals surface area contributed by atoms with E-state index in [2.05, 4.69) is 0 Å². The Kier molecular flexibility index (Phi) is 6.60. The fraction of sp³-hybridized carbons (Fsp3) is 0.464. The average Bonchev–Trinajstić information content (AvgIpc) is 3.69. The van der Waals surface area contributed by atoms with Gasteiger partial charge in [0.2, 0.25) is 17.7 Å². The average molecular weight is 477 g/mol. The molecule has 0 N–H and O–H groups in total. The van der Waals surface area contributed by atoms with Crippen molar-refractivity contribution in [1.82, 2.24) is 9.80 Å². The van der Waals surface area contributed by atoms with Crippen LogP contribution in [-0.4, -0.2) is 59.9 Å². The Labute approximate surface area is 206 Å². The standard InChI is InChI=1S/C28H32N2O5/c1-34-23-13-9-21(10-14-23)28(17-26(32)30(27(28)33)22-11-12-22)16-25(31)29-15-5-8-24(18-29)35-19-20-6-3-2-4-7-20/h2-4,6-7,9-10,13-14,22,24H,5,8,11-12,15-19H2,1H3. The molecule has 3 aliphatic rings. The van der Waals surface area contributed by atoms with Crippen molar-refractivity contribution in [3.8, 4) is 5.75 Å². The van der Waals surface area contributed by atoms with Crippen LogP contribution in [0, 0.1) is 0 Å². The number of hydrogen-bond donors (Lipinski definition) is 0. The number of likely N-dealkylation sites (tertiary alicyclic amines) is 2. The summed E-state index contributed by atoms with van der Waals surface area (Å²) in [6.07, 6.45) is 3.40. The van der Waals surface area contributed by atoms with Crippen LogP contribution in [0.4, 0.5) is 0 Å². The van der Waals surface area contributed by atoms with Crippen LogP contribution in [0.25, 0.3) is 0 Å². The van der Waals surface area contributed by atoms with Gasteiger partial charge in [0.1, 0.15) is 5.75 Å². The summed E-state index contributed by atoms with van der Waals surface area (Å²) in [6, 6.07) is 17.2. The van der Waals surface area contributed by atoms with Gasteiger partial charge in [-0.25, -0.2) is 0 Å². The second-order valence-corrected chi connectivity index (χ2v) is 9.86. The van der Waals surface area contributed by atoms with Gasteiger partial charge in [-0.15, -0.1) is 0 Å². The molecule has 2 unspecified atom stereocenters. The molecule has 7 nitrogen and oxygen atoms in total. The molecule has 0 spiro atoms. The predicted molar refractivity (Wildman–Crippen MR) is 130 cm³/mol. The Balaban J connectivity index is 1.33. The molecule has 35 heavy (non-hydrogen) atoms. The maximum atomic E-state index is 13.7. The minimum atomic E-state index is -1.17. The minimum absolute atomic E-state index is 0.0153. The van der Waals surface area contributed by atoms with Crippen molar-refractivity contribution in [3.05, 3.63) is 65.7 Å². The molecule has 2 aromatic rings. The van der Waals surface area contributed by atoms with Crippen molar-refractivity contribution >= 4 is 17.7 Å². The van der Waals surface area contributed by atoms with Crippen LogP contribution in [0.5, 0.6) is 5.75 Å². The van der Waals surface area contributed by atoms with Gasteiger partial charge in [0.25, 0.3) is 0 Å². The number of amides is 3. The van der Waals surface area contributed by atoms with E-state index in [9.17, 15) is 14.4 Å². The van der Waals surface area contributed by atoms with Crippen LogP contribution in [-0.2, 0) is 31.1 Å². The van der Waals surface area contributed by atoms with Gasteiger partial charge < -0.3 is 14.4 Å². The SMILES string of the molecule is COc1ccc(C2(CC(=O)N3CCCC(OCc4ccccc4)C3)CC(=O)N(C3CC3)C2=O)cc1. The molecule has 0 aromatic heterocycles. The Morgan fingerprint density at radius 2 is 1.77 bits per heavy atom.